The van der Waals surface area contributed by atoms with E-state index in [1.165, 1.54) is 11.0 Å². The quantitative estimate of drug-likeness (QED) is 0.765. The number of likely N-dealkylation sites (N-methyl/N-ethyl adjacent to an activating group) is 1. The third-order valence-electron chi connectivity index (χ3n) is 2.82. The van der Waals surface area contributed by atoms with Crippen LogP contribution in [0.3, 0.4) is 0 Å². The third kappa shape index (κ3) is 6.09. The largest absolute Gasteiger partial charge is 0.484 e. The van der Waals surface area contributed by atoms with Crippen LogP contribution in [0.2, 0.25) is 0 Å². The van der Waals surface area contributed by atoms with Crippen molar-refractivity contribution in [2.75, 3.05) is 20.2 Å². The lowest BCUT2D eigenvalue weighted by Gasteiger charge is -2.15. The summed E-state index contributed by atoms with van der Waals surface area (Å²) in [5, 5.41) is 8.73. The minimum absolute atomic E-state index is 0.170. The summed E-state index contributed by atoms with van der Waals surface area (Å²) in [5.41, 5.74) is 5.81. The second kappa shape index (κ2) is 8.47. The molecule has 1 aromatic carbocycles. The molecule has 0 bridgehead atoms. The van der Waals surface area contributed by atoms with E-state index in [2.05, 4.69) is 6.07 Å². The first-order valence-electron chi connectivity index (χ1n) is 6.76. The van der Waals surface area contributed by atoms with Crippen LogP contribution < -0.4 is 10.5 Å². The van der Waals surface area contributed by atoms with Crippen LogP contribution in [0.15, 0.2) is 30.3 Å². The van der Waals surface area contributed by atoms with Gasteiger partial charge in [0.15, 0.2) is 6.61 Å². The molecule has 0 saturated carbocycles. The van der Waals surface area contributed by atoms with Gasteiger partial charge in [0.25, 0.3) is 5.91 Å². The van der Waals surface area contributed by atoms with Gasteiger partial charge in [-0.15, -0.1) is 0 Å². The highest BCUT2D eigenvalue weighted by molar-refractivity contribution is 5.91. The maximum Gasteiger partial charge on any atom is 0.255 e. The van der Waals surface area contributed by atoms with E-state index < -0.39 is 5.91 Å². The number of nitrogens with zero attached hydrogens (tertiary/aromatic N) is 2. The molecule has 1 rings (SSSR count). The monoisotopic (exact) mass is 301 g/mol. The molecule has 0 aliphatic heterocycles. The molecule has 0 heterocycles. The van der Waals surface area contributed by atoms with Gasteiger partial charge in [-0.3, -0.25) is 9.59 Å². The van der Waals surface area contributed by atoms with E-state index in [0.29, 0.717) is 12.3 Å². The highest BCUT2D eigenvalue weighted by atomic mass is 16.5. The van der Waals surface area contributed by atoms with Gasteiger partial charge in [0.05, 0.1) is 12.0 Å². The number of benzene rings is 1. The fourth-order valence-electron chi connectivity index (χ4n) is 1.67. The molecule has 1 aromatic rings. The van der Waals surface area contributed by atoms with Gasteiger partial charge >= 0.3 is 0 Å². The smallest absolute Gasteiger partial charge is 0.255 e. The van der Waals surface area contributed by atoms with E-state index in [0.717, 1.165) is 5.56 Å². The molecular weight excluding hydrogens is 282 g/mol. The van der Waals surface area contributed by atoms with Crippen molar-refractivity contribution in [3.05, 3.63) is 35.9 Å². The van der Waals surface area contributed by atoms with Crippen LogP contribution in [0, 0.1) is 17.2 Å². The van der Waals surface area contributed by atoms with Crippen molar-refractivity contribution in [1.82, 2.24) is 4.90 Å². The Kier molecular flexibility index (Phi) is 6.64. The lowest BCUT2D eigenvalue weighted by Crippen LogP contribution is -2.29. The first kappa shape index (κ1) is 17.2. The third-order valence-corrected chi connectivity index (χ3v) is 2.82. The number of nitriles is 1. The molecule has 0 saturated heterocycles. The fourth-order valence-corrected chi connectivity index (χ4v) is 1.67. The number of carbonyl (C=O) groups is 2. The molecule has 2 amide bonds. The minimum Gasteiger partial charge on any atom is -0.484 e. The van der Waals surface area contributed by atoms with Crippen LogP contribution in [0.5, 0.6) is 5.75 Å². The first-order valence-corrected chi connectivity index (χ1v) is 6.76. The second-order valence-electron chi connectivity index (χ2n) is 4.91. The Morgan fingerprint density at radius 2 is 2.05 bits per heavy atom. The maximum atomic E-state index is 11.9. The summed E-state index contributed by atoms with van der Waals surface area (Å²) >= 11 is 0. The normalized spacial score (nSPS) is 11.7. The molecule has 0 aliphatic rings. The SMILES string of the molecule is C[C@@H](C#N)CN(C)C(=O)/C=C/c1ccc(OCC(N)=O)cc1. The summed E-state index contributed by atoms with van der Waals surface area (Å²) in [4.78, 5) is 24.0. The number of amides is 2. The number of rotatable bonds is 7. The van der Waals surface area contributed by atoms with Gasteiger partial charge in [0.2, 0.25) is 5.91 Å². The Labute approximate surface area is 129 Å². The van der Waals surface area contributed by atoms with Crippen molar-refractivity contribution in [2.24, 2.45) is 11.7 Å². The topological polar surface area (TPSA) is 96.4 Å². The van der Waals surface area contributed by atoms with Gasteiger partial charge in [-0.1, -0.05) is 12.1 Å². The zero-order chi connectivity index (χ0) is 16.5. The van der Waals surface area contributed by atoms with Crippen LogP contribution in [0.1, 0.15) is 12.5 Å². The van der Waals surface area contributed by atoms with Gasteiger partial charge in [-0.2, -0.15) is 5.26 Å². The number of primary amides is 1. The van der Waals surface area contributed by atoms with E-state index in [9.17, 15) is 9.59 Å². The van der Waals surface area contributed by atoms with E-state index in [1.54, 1.807) is 44.3 Å². The number of ether oxygens (including phenoxy) is 1. The van der Waals surface area contributed by atoms with E-state index in [4.69, 9.17) is 15.7 Å². The van der Waals surface area contributed by atoms with Gasteiger partial charge in [-0.25, -0.2) is 0 Å². The van der Waals surface area contributed by atoms with Crippen LogP contribution in [-0.4, -0.2) is 36.9 Å². The number of hydrogen-bond donors (Lipinski definition) is 1. The second-order valence-corrected chi connectivity index (χ2v) is 4.91. The maximum absolute atomic E-state index is 11.9. The van der Waals surface area contributed by atoms with Crippen molar-refractivity contribution in [3.8, 4) is 11.8 Å². The molecule has 0 fully saturated rings. The lowest BCUT2D eigenvalue weighted by molar-refractivity contribution is -0.125. The van der Waals surface area contributed by atoms with Gasteiger partial charge < -0.3 is 15.4 Å². The Balaban J connectivity index is 2.57. The van der Waals surface area contributed by atoms with Crippen molar-refractivity contribution in [3.63, 3.8) is 0 Å². The molecule has 0 unspecified atom stereocenters. The highest BCUT2D eigenvalue weighted by Crippen LogP contribution is 2.13. The molecule has 2 N–H and O–H groups in total. The number of nitrogens with two attached hydrogens (primary N) is 1. The van der Waals surface area contributed by atoms with Crippen LogP contribution in [0.25, 0.3) is 6.08 Å². The van der Waals surface area contributed by atoms with Crippen LogP contribution in [-0.2, 0) is 9.59 Å². The van der Waals surface area contributed by atoms with E-state index in [1.807, 2.05) is 0 Å². The van der Waals surface area contributed by atoms with Gasteiger partial charge in [0, 0.05) is 19.7 Å². The molecule has 6 heteroatoms. The summed E-state index contributed by atoms with van der Waals surface area (Å²) in [6, 6.07) is 8.99. The predicted molar refractivity (Wildman–Crippen MR) is 82.6 cm³/mol. The average molecular weight is 301 g/mol. The zero-order valence-electron chi connectivity index (χ0n) is 12.7. The summed E-state index contributed by atoms with van der Waals surface area (Å²) in [6.45, 7) is 1.98. The Morgan fingerprint density at radius 3 is 2.59 bits per heavy atom. The summed E-state index contributed by atoms with van der Waals surface area (Å²) in [7, 11) is 1.65. The molecule has 22 heavy (non-hydrogen) atoms. The fraction of sp³-hybridized carbons (Fsp3) is 0.312. The van der Waals surface area contributed by atoms with E-state index >= 15 is 0 Å². The van der Waals surface area contributed by atoms with Crippen molar-refractivity contribution >= 4 is 17.9 Å². The van der Waals surface area contributed by atoms with Crippen molar-refractivity contribution < 1.29 is 14.3 Å². The average Bonchev–Trinajstić information content (AvgIpc) is 2.51. The van der Waals surface area contributed by atoms with Gasteiger partial charge in [0.1, 0.15) is 5.75 Å². The molecule has 0 aliphatic carbocycles. The predicted octanol–water partition coefficient (Wildman–Crippen LogP) is 1.18. The standard InChI is InChI=1S/C16H19N3O3/c1-12(9-17)10-19(2)16(21)8-5-13-3-6-14(7-4-13)22-11-15(18)20/h3-8,12H,10-11H2,1-2H3,(H2,18,20)/b8-5+/t12-/m0/s1. The van der Waals surface area contributed by atoms with Crippen LogP contribution >= 0.6 is 0 Å². The number of hydrogen-bond acceptors (Lipinski definition) is 4. The Hall–Kier alpha value is -2.81. The summed E-state index contributed by atoms with van der Waals surface area (Å²) in [5.74, 6) is -0.383. The first-order chi connectivity index (χ1) is 10.4. The molecule has 6 nitrogen and oxygen atoms in total. The van der Waals surface area contributed by atoms with E-state index in [-0.39, 0.29) is 18.4 Å². The Morgan fingerprint density at radius 1 is 1.41 bits per heavy atom. The Bertz CT molecular complexity index is 588. The lowest BCUT2D eigenvalue weighted by atomic mass is 10.2. The highest BCUT2D eigenvalue weighted by Gasteiger charge is 2.08. The van der Waals surface area contributed by atoms with Gasteiger partial charge in [-0.05, 0) is 30.7 Å². The van der Waals surface area contributed by atoms with Crippen molar-refractivity contribution in [1.29, 1.82) is 5.26 Å². The summed E-state index contributed by atoms with van der Waals surface area (Å²) < 4.78 is 5.14. The molecule has 0 radical (unpaired) electrons. The summed E-state index contributed by atoms with van der Waals surface area (Å²) in [6.07, 6.45) is 3.12. The molecule has 0 spiro atoms. The number of carbonyl (C=O) groups excluding carboxylic acids is 2. The van der Waals surface area contributed by atoms with Crippen molar-refractivity contribution in [2.45, 2.75) is 6.92 Å². The molecule has 1 atom stereocenters. The molecule has 116 valence electrons. The molecule has 0 aromatic heterocycles. The molecular formula is C16H19N3O3. The zero-order valence-corrected chi connectivity index (χ0v) is 12.7. The minimum atomic E-state index is -0.538. The van der Waals surface area contributed by atoms with Crippen LogP contribution in [0.4, 0.5) is 0 Å².